The molecule has 0 aliphatic rings. The molecule has 98 valence electrons. The molecule has 0 heterocycles. The van der Waals surface area contributed by atoms with Gasteiger partial charge >= 0.3 is 0 Å². The summed E-state index contributed by atoms with van der Waals surface area (Å²) in [5.74, 6) is 0.810. The molecule has 0 amide bonds. The van der Waals surface area contributed by atoms with Crippen molar-refractivity contribution in [1.29, 1.82) is 0 Å². The summed E-state index contributed by atoms with van der Waals surface area (Å²) >= 11 is 0. The van der Waals surface area contributed by atoms with Crippen LogP contribution in [0.5, 0.6) is 5.75 Å². The molecular formula is C14H16N4O. The van der Waals surface area contributed by atoms with Gasteiger partial charge in [-0.2, -0.15) is 5.11 Å². The number of nitrogen functional groups attached to an aromatic ring is 2. The van der Waals surface area contributed by atoms with E-state index in [0.717, 1.165) is 11.4 Å². The summed E-state index contributed by atoms with van der Waals surface area (Å²) < 4.78 is 5.35. The zero-order chi connectivity index (χ0) is 13.7. The minimum atomic E-state index is 0.545. The number of anilines is 2. The first-order valence-corrected chi connectivity index (χ1v) is 5.98. The van der Waals surface area contributed by atoms with Gasteiger partial charge in [-0.15, -0.1) is 5.11 Å². The minimum absolute atomic E-state index is 0.545. The Morgan fingerprint density at radius 3 is 2.42 bits per heavy atom. The van der Waals surface area contributed by atoms with E-state index in [2.05, 4.69) is 10.2 Å². The lowest BCUT2D eigenvalue weighted by Crippen LogP contribution is -1.89. The zero-order valence-electron chi connectivity index (χ0n) is 10.7. The van der Waals surface area contributed by atoms with E-state index in [4.69, 9.17) is 16.2 Å². The molecule has 2 aromatic carbocycles. The second-order valence-corrected chi connectivity index (χ2v) is 3.95. The van der Waals surface area contributed by atoms with Gasteiger partial charge in [0.05, 0.1) is 18.0 Å². The lowest BCUT2D eigenvalue weighted by Gasteiger charge is -2.02. The average molecular weight is 256 g/mol. The fourth-order valence-electron chi connectivity index (χ4n) is 1.53. The van der Waals surface area contributed by atoms with Crippen LogP contribution in [0.15, 0.2) is 52.7 Å². The molecule has 4 N–H and O–H groups in total. The van der Waals surface area contributed by atoms with Crippen LogP contribution < -0.4 is 16.2 Å². The van der Waals surface area contributed by atoms with Crippen molar-refractivity contribution < 1.29 is 4.74 Å². The Bertz CT molecular complexity index is 578. The first-order chi connectivity index (χ1) is 9.19. The standard InChI is InChI=1S/C14H16N4O/c1-2-19-12-6-4-11(5-7-12)17-18-14-9-10(15)3-8-13(14)16/h3-9H,2,15-16H2,1H3. The third kappa shape index (κ3) is 3.45. The van der Waals surface area contributed by atoms with Gasteiger partial charge in [0.15, 0.2) is 0 Å². The van der Waals surface area contributed by atoms with Gasteiger partial charge in [-0.3, -0.25) is 0 Å². The van der Waals surface area contributed by atoms with Crippen molar-refractivity contribution in [3.8, 4) is 5.75 Å². The normalized spacial score (nSPS) is 10.8. The highest BCUT2D eigenvalue weighted by molar-refractivity contribution is 5.67. The maximum atomic E-state index is 5.79. The molecule has 0 aliphatic heterocycles. The lowest BCUT2D eigenvalue weighted by atomic mass is 10.2. The topological polar surface area (TPSA) is 86.0 Å². The van der Waals surface area contributed by atoms with Crippen molar-refractivity contribution in [3.05, 3.63) is 42.5 Å². The molecule has 0 aromatic heterocycles. The summed E-state index contributed by atoms with van der Waals surface area (Å²) in [6.45, 7) is 2.58. The van der Waals surface area contributed by atoms with E-state index < -0.39 is 0 Å². The summed E-state index contributed by atoms with van der Waals surface area (Å²) in [4.78, 5) is 0. The van der Waals surface area contributed by atoms with Crippen LogP contribution in [-0.2, 0) is 0 Å². The van der Waals surface area contributed by atoms with Crippen LogP contribution in [-0.4, -0.2) is 6.61 Å². The molecule has 5 heteroatoms. The third-order valence-electron chi connectivity index (χ3n) is 2.48. The highest BCUT2D eigenvalue weighted by atomic mass is 16.5. The Morgan fingerprint density at radius 2 is 1.74 bits per heavy atom. The maximum Gasteiger partial charge on any atom is 0.119 e. The molecule has 0 spiro atoms. The van der Waals surface area contributed by atoms with Gasteiger partial charge in [0.2, 0.25) is 0 Å². The number of ether oxygens (including phenoxy) is 1. The monoisotopic (exact) mass is 256 g/mol. The van der Waals surface area contributed by atoms with E-state index in [0.29, 0.717) is 23.7 Å². The van der Waals surface area contributed by atoms with Crippen LogP contribution in [0.4, 0.5) is 22.7 Å². The fourth-order valence-corrected chi connectivity index (χ4v) is 1.53. The SMILES string of the molecule is CCOc1ccc(N=Nc2cc(N)ccc2N)cc1. The molecule has 0 radical (unpaired) electrons. The summed E-state index contributed by atoms with van der Waals surface area (Å²) in [5, 5.41) is 8.21. The van der Waals surface area contributed by atoms with E-state index in [1.54, 1.807) is 18.2 Å². The number of nitrogens with zero attached hydrogens (tertiary/aromatic N) is 2. The highest BCUT2D eigenvalue weighted by Crippen LogP contribution is 2.27. The van der Waals surface area contributed by atoms with Crippen molar-refractivity contribution in [1.82, 2.24) is 0 Å². The van der Waals surface area contributed by atoms with Gasteiger partial charge in [0.25, 0.3) is 0 Å². The van der Waals surface area contributed by atoms with E-state index >= 15 is 0 Å². The van der Waals surface area contributed by atoms with Gasteiger partial charge in [-0.1, -0.05) is 0 Å². The molecule has 19 heavy (non-hydrogen) atoms. The van der Waals surface area contributed by atoms with Crippen LogP contribution in [0.2, 0.25) is 0 Å². The van der Waals surface area contributed by atoms with Crippen molar-refractivity contribution in [2.75, 3.05) is 18.1 Å². The molecule has 5 nitrogen and oxygen atoms in total. The molecule has 0 bridgehead atoms. The smallest absolute Gasteiger partial charge is 0.119 e. The molecule has 0 aliphatic carbocycles. The third-order valence-corrected chi connectivity index (χ3v) is 2.48. The van der Waals surface area contributed by atoms with Gasteiger partial charge in [-0.25, -0.2) is 0 Å². The number of rotatable bonds is 4. The number of azo groups is 1. The van der Waals surface area contributed by atoms with Gasteiger partial charge in [0.1, 0.15) is 11.4 Å². The van der Waals surface area contributed by atoms with E-state index in [9.17, 15) is 0 Å². The Hall–Kier alpha value is -2.56. The summed E-state index contributed by atoms with van der Waals surface area (Å²) in [5.41, 5.74) is 13.9. The van der Waals surface area contributed by atoms with Gasteiger partial charge in [-0.05, 0) is 49.4 Å². The molecule has 2 rings (SSSR count). The second kappa shape index (κ2) is 5.86. The molecule has 0 atom stereocenters. The Balaban J connectivity index is 2.15. The summed E-state index contributed by atoms with van der Waals surface area (Å²) in [7, 11) is 0. The van der Waals surface area contributed by atoms with Gasteiger partial charge in [0, 0.05) is 5.69 Å². The molecule has 0 saturated carbocycles. The Kier molecular flexibility index (Phi) is 3.97. The number of nitrogens with two attached hydrogens (primary N) is 2. The highest BCUT2D eigenvalue weighted by Gasteiger charge is 1.98. The molecule has 0 unspecified atom stereocenters. The van der Waals surface area contributed by atoms with Crippen LogP contribution in [0.3, 0.4) is 0 Å². The first-order valence-electron chi connectivity index (χ1n) is 5.98. The predicted octanol–water partition coefficient (Wildman–Crippen LogP) is 3.67. The van der Waals surface area contributed by atoms with E-state index in [1.165, 1.54) is 0 Å². The number of benzene rings is 2. The van der Waals surface area contributed by atoms with Crippen molar-refractivity contribution in [2.45, 2.75) is 6.92 Å². The van der Waals surface area contributed by atoms with Crippen LogP contribution in [0.25, 0.3) is 0 Å². The summed E-state index contributed by atoms with van der Waals surface area (Å²) in [6.07, 6.45) is 0. The van der Waals surface area contributed by atoms with Crippen LogP contribution in [0, 0.1) is 0 Å². The van der Waals surface area contributed by atoms with Gasteiger partial charge < -0.3 is 16.2 Å². The molecule has 2 aromatic rings. The Labute approximate surface area is 111 Å². The van der Waals surface area contributed by atoms with Crippen LogP contribution >= 0.6 is 0 Å². The maximum absolute atomic E-state index is 5.79. The first kappa shape index (κ1) is 12.9. The van der Waals surface area contributed by atoms with Crippen molar-refractivity contribution in [2.24, 2.45) is 10.2 Å². The summed E-state index contributed by atoms with van der Waals surface area (Å²) in [6, 6.07) is 12.5. The quantitative estimate of drug-likeness (QED) is 0.646. The van der Waals surface area contributed by atoms with E-state index in [1.807, 2.05) is 31.2 Å². The molecule has 0 fully saturated rings. The Morgan fingerprint density at radius 1 is 1.00 bits per heavy atom. The second-order valence-electron chi connectivity index (χ2n) is 3.95. The fraction of sp³-hybridized carbons (Fsp3) is 0.143. The molecular weight excluding hydrogens is 240 g/mol. The lowest BCUT2D eigenvalue weighted by molar-refractivity contribution is 0.340. The largest absolute Gasteiger partial charge is 0.494 e. The van der Waals surface area contributed by atoms with Crippen molar-refractivity contribution in [3.63, 3.8) is 0 Å². The van der Waals surface area contributed by atoms with Crippen LogP contribution in [0.1, 0.15) is 6.92 Å². The predicted molar refractivity (Wildman–Crippen MR) is 77.1 cm³/mol. The average Bonchev–Trinajstić information content (AvgIpc) is 2.42. The number of hydrogen-bond donors (Lipinski definition) is 2. The van der Waals surface area contributed by atoms with E-state index in [-0.39, 0.29) is 0 Å². The zero-order valence-corrected chi connectivity index (χ0v) is 10.7. The number of hydrogen-bond acceptors (Lipinski definition) is 5. The minimum Gasteiger partial charge on any atom is -0.494 e. The van der Waals surface area contributed by atoms with Crippen molar-refractivity contribution >= 4 is 22.7 Å². The molecule has 0 saturated heterocycles.